The van der Waals surface area contributed by atoms with Gasteiger partial charge in [-0.2, -0.15) is 0 Å². The lowest BCUT2D eigenvalue weighted by atomic mass is 10.0. The standard InChI is InChI=1S/C17H19N5OS/c1-11-10-24-16(18-11)15-5-3-4-8-22(15)17(23)12-6-7-14-13(9-12)19-20-21(14)2/h6-7,9-10,15H,3-5,8H2,1-2H3. The molecule has 0 saturated carbocycles. The van der Waals surface area contributed by atoms with Crippen LogP contribution in [0, 0.1) is 6.92 Å². The zero-order valence-electron chi connectivity index (χ0n) is 13.8. The summed E-state index contributed by atoms with van der Waals surface area (Å²) in [5.74, 6) is 0.0557. The first-order valence-electron chi connectivity index (χ1n) is 8.16. The second-order valence-corrected chi connectivity index (χ2v) is 7.14. The quantitative estimate of drug-likeness (QED) is 0.718. The van der Waals surface area contributed by atoms with Gasteiger partial charge >= 0.3 is 0 Å². The number of nitrogens with zero attached hydrogens (tertiary/aromatic N) is 5. The lowest BCUT2D eigenvalue weighted by molar-refractivity contribution is 0.0611. The average molecular weight is 341 g/mol. The van der Waals surface area contributed by atoms with E-state index in [0.29, 0.717) is 5.56 Å². The van der Waals surface area contributed by atoms with Crippen molar-refractivity contribution in [3.05, 3.63) is 39.8 Å². The van der Waals surface area contributed by atoms with E-state index in [9.17, 15) is 4.79 Å². The summed E-state index contributed by atoms with van der Waals surface area (Å²) >= 11 is 1.65. The first-order chi connectivity index (χ1) is 11.6. The summed E-state index contributed by atoms with van der Waals surface area (Å²) in [5.41, 5.74) is 3.37. The molecule has 3 aromatic rings. The van der Waals surface area contributed by atoms with Gasteiger partial charge in [0, 0.05) is 30.2 Å². The summed E-state index contributed by atoms with van der Waals surface area (Å²) in [6.07, 6.45) is 3.16. The van der Waals surface area contributed by atoms with Crippen LogP contribution in [0.4, 0.5) is 0 Å². The molecule has 0 bridgehead atoms. The molecule has 24 heavy (non-hydrogen) atoms. The molecule has 0 radical (unpaired) electrons. The molecule has 1 saturated heterocycles. The van der Waals surface area contributed by atoms with E-state index in [0.717, 1.165) is 47.5 Å². The Morgan fingerprint density at radius 3 is 3.00 bits per heavy atom. The van der Waals surface area contributed by atoms with Gasteiger partial charge in [-0.25, -0.2) is 9.67 Å². The number of piperidine rings is 1. The molecule has 2 aromatic heterocycles. The molecule has 0 spiro atoms. The average Bonchev–Trinajstić information content (AvgIpc) is 3.20. The highest BCUT2D eigenvalue weighted by atomic mass is 32.1. The highest BCUT2D eigenvalue weighted by Gasteiger charge is 2.30. The topological polar surface area (TPSA) is 63.9 Å². The predicted octanol–water partition coefficient (Wildman–Crippen LogP) is 3.10. The lowest BCUT2D eigenvalue weighted by Gasteiger charge is -2.34. The van der Waals surface area contributed by atoms with Crippen LogP contribution in [0.5, 0.6) is 0 Å². The molecule has 1 aromatic carbocycles. The molecule has 7 heteroatoms. The van der Waals surface area contributed by atoms with E-state index in [4.69, 9.17) is 0 Å². The molecular weight excluding hydrogens is 322 g/mol. The van der Waals surface area contributed by atoms with Gasteiger partial charge in [0.2, 0.25) is 0 Å². The van der Waals surface area contributed by atoms with Crippen LogP contribution in [-0.2, 0) is 7.05 Å². The number of likely N-dealkylation sites (tertiary alicyclic amines) is 1. The third-order valence-electron chi connectivity index (χ3n) is 4.54. The summed E-state index contributed by atoms with van der Waals surface area (Å²) in [5, 5.41) is 11.2. The van der Waals surface area contributed by atoms with Gasteiger partial charge in [-0.15, -0.1) is 16.4 Å². The maximum absolute atomic E-state index is 13.1. The van der Waals surface area contributed by atoms with E-state index in [2.05, 4.69) is 20.7 Å². The lowest BCUT2D eigenvalue weighted by Crippen LogP contribution is -2.38. The second-order valence-electron chi connectivity index (χ2n) is 6.25. The molecule has 0 N–H and O–H groups in total. The fraction of sp³-hybridized carbons (Fsp3) is 0.412. The number of aryl methyl sites for hydroxylation is 2. The van der Waals surface area contributed by atoms with Crippen molar-refractivity contribution in [3.8, 4) is 0 Å². The highest BCUT2D eigenvalue weighted by molar-refractivity contribution is 7.09. The SMILES string of the molecule is Cc1csc(C2CCCCN2C(=O)c2ccc3c(c2)nnn3C)n1. The maximum atomic E-state index is 13.1. The maximum Gasteiger partial charge on any atom is 0.254 e. The Bertz CT molecular complexity index is 899. The molecule has 1 atom stereocenters. The Labute approximate surface area is 144 Å². The molecule has 1 amide bonds. The molecule has 4 rings (SSSR count). The number of amides is 1. The molecule has 1 aliphatic rings. The fourth-order valence-electron chi connectivity index (χ4n) is 3.30. The number of fused-ring (bicyclic) bond motifs is 1. The minimum atomic E-state index is 0.0557. The van der Waals surface area contributed by atoms with Crippen molar-refractivity contribution >= 4 is 28.3 Å². The number of thiazole rings is 1. The van der Waals surface area contributed by atoms with Gasteiger partial charge in [0.05, 0.1) is 11.6 Å². The number of hydrogen-bond acceptors (Lipinski definition) is 5. The molecule has 1 aliphatic heterocycles. The zero-order chi connectivity index (χ0) is 16.7. The summed E-state index contributed by atoms with van der Waals surface area (Å²) in [7, 11) is 1.85. The van der Waals surface area contributed by atoms with E-state index in [1.807, 2.05) is 37.1 Å². The van der Waals surface area contributed by atoms with E-state index < -0.39 is 0 Å². The van der Waals surface area contributed by atoms with Crippen LogP contribution in [-0.4, -0.2) is 37.3 Å². The Morgan fingerprint density at radius 1 is 1.33 bits per heavy atom. The second kappa shape index (κ2) is 5.98. The van der Waals surface area contributed by atoms with Crippen LogP contribution in [0.15, 0.2) is 23.6 Å². The van der Waals surface area contributed by atoms with Crippen LogP contribution in [0.1, 0.15) is 46.4 Å². The highest BCUT2D eigenvalue weighted by Crippen LogP contribution is 2.34. The molecular formula is C17H19N5OS. The smallest absolute Gasteiger partial charge is 0.254 e. The van der Waals surface area contributed by atoms with Gasteiger partial charge in [-0.3, -0.25) is 4.79 Å². The van der Waals surface area contributed by atoms with Crippen LogP contribution >= 0.6 is 11.3 Å². The number of benzene rings is 1. The normalized spacial score (nSPS) is 18.2. The van der Waals surface area contributed by atoms with Gasteiger partial charge in [0.1, 0.15) is 10.5 Å². The van der Waals surface area contributed by atoms with Gasteiger partial charge in [-0.1, -0.05) is 5.21 Å². The molecule has 0 aliphatic carbocycles. The first-order valence-corrected chi connectivity index (χ1v) is 9.04. The van der Waals surface area contributed by atoms with Crippen molar-refractivity contribution < 1.29 is 4.79 Å². The molecule has 6 nitrogen and oxygen atoms in total. The molecule has 3 heterocycles. The Balaban J connectivity index is 1.67. The van der Waals surface area contributed by atoms with Gasteiger partial charge in [0.15, 0.2) is 0 Å². The van der Waals surface area contributed by atoms with Crippen molar-refractivity contribution in [3.63, 3.8) is 0 Å². The Morgan fingerprint density at radius 2 is 2.21 bits per heavy atom. The molecule has 124 valence electrons. The summed E-state index contributed by atoms with van der Waals surface area (Å²) in [6, 6.07) is 5.70. The third-order valence-corrected chi connectivity index (χ3v) is 5.61. The summed E-state index contributed by atoms with van der Waals surface area (Å²) in [6.45, 7) is 2.78. The van der Waals surface area contributed by atoms with E-state index >= 15 is 0 Å². The van der Waals surface area contributed by atoms with Crippen molar-refractivity contribution in [2.45, 2.75) is 32.2 Å². The zero-order valence-corrected chi connectivity index (χ0v) is 14.6. The monoisotopic (exact) mass is 341 g/mol. The molecule has 1 unspecified atom stereocenters. The fourth-order valence-corrected chi connectivity index (χ4v) is 4.24. The number of aromatic nitrogens is 4. The van der Waals surface area contributed by atoms with Crippen molar-refractivity contribution in [2.24, 2.45) is 7.05 Å². The minimum Gasteiger partial charge on any atom is -0.329 e. The number of carbonyl (C=O) groups excluding carboxylic acids is 1. The van der Waals surface area contributed by atoms with Crippen LogP contribution in [0.2, 0.25) is 0 Å². The van der Waals surface area contributed by atoms with Crippen molar-refractivity contribution in [1.82, 2.24) is 24.9 Å². The predicted molar refractivity (Wildman–Crippen MR) is 93.0 cm³/mol. The third kappa shape index (κ3) is 2.58. The van der Waals surface area contributed by atoms with Crippen LogP contribution in [0.3, 0.4) is 0 Å². The van der Waals surface area contributed by atoms with E-state index in [1.165, 1.54) is 0 Å². The van der Waals surface area contributed by atoms with Gasteiger partial charge in [0.25, 0.3) is 5.91 Å². The van der Waals surface area contributed by atoms with E-state index in [-0.39, 0.29) is 11.9 Å². The summed E-state index contributed by atoms with van der Waals surface area (Å²) in [4.78, 5) is 19.7. The Kier molecular flexibility index (Phi) is 3.80. The van der Waals surface area contributed by atoms with Gasteiger partial charge in [-0.05, 0) is 44.4 Å². The number of hydrogen-bond donors (Lipinski definition) is 0. The van der Waals surface area contributed by atoms with Crippen molar-refractivity contribution in [2.75, 3.05) is 6.54 Å². The Hall–Kier alpha value is -2.28. The minimum absolute atomic E-state index is 0.0557. The first kappa shape index (κ1) is 15.3. The van der Waals surface area contributed by atoms with Crippen LogP contribution < -0.4 is 0 Å². The van der Waals surface area contributed by atoms with Crippen molar-refractivity contribution in [1.29, 1.82) is 0 Å². The summed E-state index contributed by atoms with van der Waals surface area (Å²) < 4.78 is 1.71. The largest absolute Gasteiger partial charge is 0.329 e. The van der Waals surface area contributed by atoms with Crippen LogP contribution in [0.25, 0.3) is 11.0 Å². The molecule has 1 fully saturated rings. The van der Waals surface area contributed by atoms with Gasteiger partial charge < -0.3 is 4.90 Å². The number of carbonyl (C=O) groups is 1. The number of rotatable bonds is 2. The van der Waals surface area contributed by atoms with E-state index in [1.54, 1.807) is 16.0 Å².